The van der Waals surface area contributed by atoms with Crippen LogP contribution in [-0.4, -0.2) is 82.9 Å². The van der Waals surface area contributed by atoms with Gasteiger partial charge < -0.3 is 14.5 Å². The van der Waals surface area contributed by atoms with E-state index < -0.39 is 17.4 Å². The molecule has 4 rings (SSSR count). The molecular weight excluding hydrogens is 585 g/mol. The first kappa shape index (κ1) is 35.6. The largest absolute Gasteiger partial charge is 0.467 e. The summed E-state index contributed by atoms with van der Waals surface area (Å²) in [5, 5.41) is 0.662. The summed E-state index contributed by atoms with van der Waals surface area (Å²) in [7, 11) is 1.38. The molecule has 4 atom stereocenters. The number of benzene rings is 1. The Morgan fingerprint density at radius 2 is 1.51 bits per heavy atom. The van der Waals surface area contributed by atoms with Crippen molar-refractivity contribution in [3.05, 3.63) is 34.9 Å². The van der Waals surface area contributed by atoms with Gasteiger partial charge in [-0.2, -0.15) is 0 Å². The van der Waals surface area contributed by atoms with Gasteiger partial charge in [0.2, 0.25) is 11.8 Å². The van der Waals surface area contributed by atoms with Crippen LogP contribution < -0.4 is 0 Å². The SMILES string of the molecule is COC(=O)[C@@H]1C[C@H](N(C(=O)C(C)(C)C)C2CCC(C)(C)CC2)CN1C(=O)C1CN(C(C)(C)C)C[C@H]1c1ccc(Cl)cc1.Cl. The molecule has 2 saturated heterocycles. The third-order valence-corrected chi connectivity index (χ3v) is 10.1. The average Bonchev–Trinajstić information content (AvgIpc) is 3.54. The first-order valence-corrected chi connectivity index (χ1v) is 16.0. The molecule has 43 heavy (non-hydrogen) atoms. The molecule has 2 amide bonds. The van der Waals surface area contributed by atoms with Crippen LogP contribution in [0.1, 0.15) is 99.0 Å². The van der Waals surface area contributed by atoms with Crippen LogP contribution in [0.25, 0.3) is 0 Å². The third kappa shape index (κ3) is 7.88. The molecule has 0 radical (unpaired) electrons. The summed E-state index contributed by atoms with van der Waals surface area (Å²) < 4.78 is 5.24. The van der Waals surface area contributed by atoms with E-state index >= 15 is 0 Å². The lowest BCUT2D eigenvalue weighted by Crippen LogP contribution is -2.54. The summed E-state index contributed by atoms with van der Waals surface area (Å²) in [5.41, 5.74) is 0.657. The first-order chi connectivity index (χ1) is 19.4. The summed E-state index contributed by atoms with van der Waals surface area (Å²) in [6, 6.07) is 6.94. The van der Waals surface area contributed by atoms with Crippen molar-refractivity contribution < 1.29 is 19.1 Å². The second kappa shape index (κ2) is 13.3. The van der Waals surface area contributed by atoms with Gasteiger partial charge in [-0.25, -0.2) is 4.79 Å². The number of hydrogen-bond donors (Lipinski definition) is 0. The summed E-state index contributed by atoms with van der Waals surface area (Å²) in [6.07, 6.45) is 4.37. The first-order valence-electron chi connectivity index (χ1n) is 15.6. The molecule has 3 fully saturated rings. The van der Waals surface area contributed by atoms with Crippen LogP contribution in [0.4, 0.5) is 0 Å². The summed E-state index contributed by atoms with van der Waals surface area (Å²) in [5.74, 6) is -0.702. The zero-order chi connectivity index (χ0) is 31.2. The molecule has 1 aromatic carbocycles. The Bertz CT molecular complexity index is 1150. The van der Waals surface area contributed by atoms with Crippen LogP contribution in [0.15, 0.2) is 24.3 Å². The molecule has 0 aromatic heterocycles. The van der Waals surface area contributed by atoms with Gasteiger partial charge in [0.25, 0.3) is 0 Å². The molecule has 1 unspecified atom stereocenters. The summed E-state index contributed by atoms with van der Waals surface area (Å²) in [6.45, 7) is 18.7. The van der Waals surface area contributed by atoms with Gasteiger partial charge in [0.15, 0.2) is 0 Å². The van der Waals surface area contributed by atoms with Gasteiger partial charge in [-0.05, 0) is 69.6 Å². The van der Waals surface area contributed by atoms with Crippen LogP contribution in [0.3, 0.4) is 0 Å². The molecule has 3 aliphatic rings. The Hall–Kier alpha value is -1.83. The van der Waals surface area contributed by atoms with Crippen molar-refractivity contribution >= 4 is 41.8 Å². The number of likely N-dealkylation sites (tertiary alicyclic amines) is 2. The van der Waals surface area contributed by atoms with Crippen molar-refractivity contribution in [3.63, 3.8) is 0 Å². The maximum Gasteiger partial charge on any atom is 0.328 e. The van der Waals surface area contributed by atoms with Gasteiger partial charge in [0, 0.05) is 54.0 Å². The summed E-state index contributed by atoms with van der Waals surface area (Å²) >= 11 is 6.21. The molecule has 7 nitrogen and oxygen atoms in total. The normalized spacial score (nSPS) is 26.6. The van der Waals surface area contributed by atoms with E-state index in [-0.39, 0.29) is 59.1 Å². The smallest absolute Gasteiger partial charge is 0.328 e. The Kier molecular flexibility index (Phi) is 11.0. The van der Waals surface area contributed by atoms with Crippen LogP contribution in [-0.2, 0) is 19.1 Å². The molecule has 1 aliphatic carbocycles. The molecule has 1 aromatic rings. The molecule has 1 saturated carbocycles. The van der Waals surface area contributed by atoms with E-state index in [4.69, 9.17) is 16.3 Å². The monoisotopic (exact) mass is 637 g/mol. The molecule has 242 valence electrons. The van der Waals surface area contributed by atoms with Gasteiger partial charge in [-0.15, -0.1) is 12.4 Å². The predicted molar refractivity (Wildman–Crippen MR) is 175 cm³/mol. The highest BCUT2D eigenvalue weighted by Crippen LogP contribution is 2.42. The zero-order valence-electron chi connectivity index (χ0n) is 27.6. The number of carbonyl (C=O) groups is 3. The van der Waals surface area contributed by atoms with Gasteiger partial charge in [-0.1, -0.05) is 58.4 Å². The lowest BCUT2D eigenvalue weighted by Gasteiger charge is -2.45. The minimum absolute atomic E-state index is 0. The molecule has 0 N–H and O–H groups in total. The standard InChI is InChI=1S/C34H52ClN3O4.ClH/c1-32(2,3)31(41)38(24-14-16-34(7,8)17-15-24)25-18-28(30(40)42-9)37(19-25)29(39)27-21-36(33(4,5)6)20-26(27)22-10-12-23(35)13-11-22;/h10-13,24-28H,14-21H2,1-9H3;1H/t25-,26-,27?,28-;/m0./s1. The van der Waals surface area contributed by atoms with E-state index in [0.717, 1.165) is 37.8 Å². The van der Waals surface area contributed by atoms with Crippen molar-refractivity contribution in [2.45, 2.75) is 117 Å². The highest BCUT2D eigenvalue weighted by molar-refractivity contribution is 6.30. The highest BCUT2D eigenvalue weighted by atomic mass is 35.5. The van der Waals surface area contributed by atoms with Gasteiger partial charge in [-0.3, -0.25) is 14.5 Å². The molecule has 0 spiro atoms. The van der Waals surface area contributed by atoms with E-state index in [1.165, 1.54) is 7.11 Å². The molecular formula is C34H53Cl2N3O4. The van der Waals surface area contributed by atoms with Gasteiger partial charge >= 0.3 is 5.97 Å². The Labute approximate surface area is 270 Å². The number of esters is 1. The molecule has 2 heterocycles. The number of rotatable bonds is 5. The Morgan fingerprint density at radius 3 is 2.02 bits per heavy atom. The minimum atomic E-state index is -0.711. The topological polar surface area (TPSA) is 70.2 Å². The van der Waals surface area contributed by atoms with Crippen LogP contribution >= 0.6 is 24.0 Å². The number of halogens is 2. The van der Waals surface area contributed by atoms with Gasteiger partial charge in [0.05, 0.1) is 19.1 Å². The second-order valence-electron chi connectivity index (χ2n) is 15.6. The maximum atomic E-state index is 14.6. The van der Waals surface area contributed by atoms with E-state index in [9.17, 15) is 14.4 Å². The fourth-order valence-corrected chi connectivity index (χ4v) is 7.29. The number of hydrogen-bond acceptors (Lipinski definition) is 5. The van der Waals surface area contributed by atoms with Crippen LogP contribution in [0, 0.1) is 16.7 Å². The second-order valence-corrected chi connectivity index (χ2v) is 16.1. The van der Waals surface area contributed by atoms with Crippen molar-refractivity contribution in [1.82, 2.24) is 14.7 Å². The number of methoxy groups -OCH3 is 1. The van der Waals surface area contributed by atoms with Crippen molar-refractivity contribution in [3.8, 4) is 0 Å². The number of carbonyl (C=O) groups excluding carboxylic acids is 3. The van der Waals surface area contributed by atoms with Crippen LogP contribution in [0.2, 0.25) is 5.02 Å². The van der Waals surface area contributed by atoms with E-state index in [2.05, 4.69) is 44.4 Å². The molecule has 9 heteroatoms. The average molecular weight is 639 g/mol. The zero-order valence-corrected chi connectivity index (χ0v) is 29.2. The third-order valence-electron chi connectivity index (χ3n) is 9.89. The fraction of sp³-hybridized carbons (Fsp3) is 0.735. The van der Waals surface area contributed by atoms with Crippen LogP contribution in [0.5, 0.6) is 0 Å². The fourth-order valence-electron chi connectivity index (χ4n) is 7.16. The molecule has 2 aliphatic heterocycles. The number of nitrogens with zero attached hydrogens (tertiary/aromatic N) is 3. The predicted octanol–water partition coefficient (Wildman–Crippen LogP) is 6.56. The highest BCUT2D eigenvalue weighted by Gasteiger charge is 2.51. The minimum Gasteiger partial charge on any atom is -0.467 e. The Balaban J connectivity index is 0.00000506. The van der Waals surface area contributed by atoms with Crippen molar-refractivity contribution in [1.29, 1.82) is 0 Å². The lowest BCUT2D eigenvalue weighted by molar-refractivity contribution is -0.152. The van der Waals surface area contributed by atoms with E-state index in [1.54, 1.807) is 4.90 Å². The number of ether oxygens (including phenoxy) is 1. The van der Waals surface area contributed by atoms with Crippen molar-refractivity contribution in [2.75, 3.05) is 26.7 Å². The van der Waals surface area contributed by atoms with Crippen molar-refractivity contribution in [2.24, 2.45) is 16.7 Å². The maximum absolute atomic E-state index is 14.6. The van der Waals surface area contributed by atoms with E-state index in [0.29, 0.717) is 24.5 Å². The van der Waals surface area contributed by atoms with Gasteiger partial charge in [0.1, 0.15) is 6.04 Å². The van der Waals surface area contributed by atoms with E-state index in [1.807, 2.05) is 45.0 Å². The Morgan fingerprint density at radius 1 is 0.930 bits per heavy atom. The number of amides is 2. The lowest BCUT2D eigenvalue weighted by atomic mass is 9.74. The summed E-state index contributed by atoms with van der Waals surface area (Å²) in [4.78, 5) is 47.9. The molecule has 0 bridgehead atoms. The quantitative estimate of drug-likeness (QED) is 0.342.